The van der Waals surface area contributed by atoms with E-state index in [1.165, 1.54) is 11.8 Å². The Labute approximate surface area is 202 Å². The van der Waals surface area contributed by atoms with Crippen molar-refractivity contribution < 1.29 is 4.79 Å². The minimum absolute atomic E-state index is 0.135. The normalized spacial score (nSPS) is 11.1. The van der Waals surface area contributed by atoms with Gasteiger partial charge in [0.15, 0.2) is 11.0 Å². The van der Waals surface area contributed by atoms with Crippen LogP contribution in [0.4, 0.5) is 0 Å². The first-order valence-electron chi connectivity index (χ1n) is 9.57. The van der Waals surface area contributed by atoms with E-state index in [4.69, 9.17) is 11.6 Å². The molecule has 0 unspecified atom stereocenters. The SMILES string of the molecule is O=C(CSc1nnc(-c2cccc(Br)c2)n1-c1ccccc1)N/N=C\c1cccc(Cl)c1. The van der Waals surface area contributed by atoms with E-state index >= 15 is 0 Å². The number of hydrogen-bond acceptors (Lipinski definition) is 5. The molecule has 1 aromatic heterocycles. The number of nitrogens with one attached hydrogen (secondary N) is 1. The third-order valence-corrected chi connectivity index (χ3v) is 5.97. The van der Waals surface area contributed by atoms with Crippen LogP contribution in [0.15, 0.2) is 93.6 Å². The van der Waals surface area contributed by atoms with Gasteiger partial charge in [-0.15, -0.1) is 10.2 Å². The molecule has 4 rings (SSSR count). The highest BCUT2D eigenvalue weighted by molar-refractivity contribution is 9.10. The van der Waals surface area contributed by atoms with Gasteiger partial charge in [0.2, 0.25) is 0 Å². The molecule has 1 heterocycles. The van der Waals surface area contributed by atoms with Crippen molar-refractivity contribution in [2.45, 2.75) is 5.16 Å². The fraction of sp³-hybridized carbons (Fsp3) is 0.0435. The first-order valence-corrected chi connectivity index (χ1v) is 11.7. The Hall–Kier alpha value is -2.94. The third kappa shape index (κ3) is 5.64. The quantitative estimate of drug-likeness (QED) is 0.193. The molecule has 0 aliphatic heterocycles. The summed E-state index contributed by atoms with van der Waals surface area (Å²) >= 11 is 10.7. The molecule has 0 atom stereocenters. The molecule has 6 nitrogen and oxygen atoms in total. The van der Waals surface area contributed by atoms with Crippen LogP contribution in [0.5, 0.6) is 0 Å². The lowest BCUT2D eigenvalue weighted by Gasteiger charge is -2.10. The molecule has 1 amide bonds. The Morgan fingerprint density at radius 1 is 1.06 bits per heavy atom. The second-order valence-corrected chi connectivity index (χ2v) is 8.92. The van der Waals surface area contributed by atoms with Gasteiger partial charge in [0.1, 0.15) is 0 Å². The van der Waals surface area contributed by atoms with E-state index in [0.717, 1.165) is 21.3 Å². The Morgan fingerprint density at radius 3 is 2.66 bits per heavy atom. The number of thioether (sulfide) groups is 1. The number of aromatic nitrogens is 3. The van der Waals surface area contributed by atoms with Crippen molar-refractivity contribution in [1.82, 2.24) is 20.2 Å². The van der Waals surface area contributed by atoms with Crippen LogP contribution in [0, 0.1) is 0 Å². The van der Waals surface area contributed by atoms with Crippen molar-refractivity contribution in [3.05, 3.63) is 93.9 Å². The molecule has 0 radical (unpaired) electrons. The van der Waals surface area contributed by atoms with Gasteiger partial charge in [-0.2, -0.15) is 5.10 Å². The lowest BCUT2D eigenvalue weighted by molar-refractivity contribution is -0.118. The molecule has 0 saturated heterocycles. The molecule has 0 aliphatic carbocycles. The Bertz CT molecular complexity index is 1260. The zero-order chi connectivity index (χ0) is 22.3. The monoisotopic (exact) mass is 525 g/mol. The van der Waals surface area contributed by atoms with Crippen molar-refractivity contribution in [1.29, 1.82) is 0 Å². The average molecular weight is 527 g/mol. The number of amides is 1. The topological polar surface area (TPSA) is 72.2 Å². The van der Waals surface area contributed by atoms with Crippen LogP contribution in [0.1, 0.15) is 5.56 Å². The number of rotatable bonds is 7. The molecular weight excluding hydrogens is 510 g/mol. The number of hydrazone groups is 1. The fourth-order valence-electron chi connectivity index (χ4n) is 2.92. The maximum absolute atomic E-state index is 12.3. The van der Waals surface area contributed by atoms with Gasteiger partial charge < -0.3 is 0 Å². The summed E-state index contributed by atoms with van der Waals surface area (Å²) in [7, 11) is 0. The van der Waals surface area contributed by atoms with Crippen molar-refractivity contribution >= 4 is 51.4 Å². The molecule has 0 fully saturated rings. The average Bonchev–Trinajstić information content (AvgIpc) is 3.22. The largest absolute Gasteiger partial charge is 0.272 e. The highest BCUT2D eigenvalue weighted by Gasteiger charge is 2.17. The number of hydrogen-bond donors (Lipinski definition) is 1. The summed E-state index contributed by atoms with van der Waals surface area (Å²) in [6.07, 6.45) is 1.55. The van der Waals surface area contributed by atoms with Crippen molar-refractivity contribution in [2.24, 2.45) is 5.10 Å². The van der Waals surface area contributed by atoms with E-state index in [2.05, 4.69) is 36.7 Å². The molecule has 9 heteroatoms. The first-order chi connectivity index (χ1) is 15.6. The Morgan fingerprint density at radius 2 is 1.88 bits per heavy atom. The molecule has 4 aromatic rings. The maximum Gasteiger partial charge on any atom is 0.250 e. The zero-order valence-electron chi connectivity index (χ0n) is 16.7. The van der Waals surface area contributed by atoms with Crippen molar-refractivity contribution in [3.8, 4) is 17.1 Å². The standard InChI is InChI=1S/C23H17BrClN5OS/c24-18-8-5-7-17(13-18)22-28-29-23(30(22)20-10-2-1-3-11-20)32-15-21(31)27-26-14-16-6-4-9-19(25)12-16/h1-14H,15H2,(H,27,31)/b26-14-. The molecule has 1 N–H and O–H groups in total. The number of carbonyl (C=O) groups excluding carboxylic acids is 1. The minimum Gasteiger partial charge on any atom is -0.272 e. The van der Waals surface area contributed by atoms with Crippen LogP contribution in [0.2, 0.25) is 5.02 Å². The smallest absolute Gasteiger partial charge is 0.250 e. The van der Waals surface area contributed by atoms with E-state index in [1.54, 1.807) is 18.3 Å². The molecule has 0 spiro atoms. The number of para-hydroxylation sites is 1. The second kappa shape index (κ2) is 10.6. The molecule has 32 heavy (non-hydrogen) atoms. The lowest BCUT2D eigenvalue weighted by Crippen LogP contribution is -2.20. The van der Waals surface area contributed by atoms with Crippen LogP contribution < -0.4 is 5.43 Å². The highest BCUT2D eigenvalue weighted by atomic mass is 79.9. The predicted octanol–water partition coefficient (Wildman–Crippen LogP) is 5.59. The van der Waals surface area contributed by atoms with Crippen LogP contribution in [0.25, 0.3) is 17.1 Å². The van der Waals surface area contributed by atoms with E-state index in [-0.39, 0.29) is 11.7 Å². The van der Waals surface area contributed by atoms with Gasteiger partial charge in [-0.1, -0.05) is 81.8 Å². The predicted molar refractivity (Wildman–Crippen MR) is 132 cm³/mol. The fourth-order valence-corrected chi connectivity index (χ4v) is 4.26. The first kappa shape index (κ1) is 22.3. The molecule has 160 valence electrons. The van der Waals surface area contributed by atoms with Crippen LogP contribution in [0.3, 0.4) is 0 Å². The second-order valence-electron chi connectivity index (χ2n) is 6.62. The van der Waals surface area contributed by atoms with Crippen molar-refractivity contribution in [3.63, 3.8) is 0 Å². The minimum atomic E-state index is -0.250. The maximum atomic E-state index is 12.3. The summed E-state index contributed by atoms with van der Waals surface area (Å²) in [4.78, 5) is 12.3. The summed E-state index contributed by atoms with van der Waals surface area (Å²) in [6.45, 7) is 0. The molecule has 0 aliphatic rings. The number of nitrogens with zero attached hydrogens (tertiary/aromatic N) is 4. The summed E-state index contributed by atoms with van der Waals surface area (Å²) in [5.41, 5.74) is 5.15. The molecule has 0 saturated carbocycles. The number of benzene rings is 3. The van der Waals surface area contributed by atoms with Crippen LogP contribution in [-0.4, -0.2) is 32.6 Å². The number of carbonyl (C=O) groups is 1. The van der Waals surface area contributed by atoms with E-state index in [9.17, 15) is 4.79 Å². The Balaban J connectivity index is 1.50. The molecular formula is C23H17BrClN5OS. The molecule has 3 aromatic carbocycles. The zero-order valence-corrected chi connectivity index (χ0v) is 19.8. The summed E-state index contributed by atoms with van der Waals surface area (Å²) < 4.78 is 2.89. The van der Waals surface area contributed by atoms with Crippen molar-refractivity contribution in [2.75, 3.05) is 5.75 Å². The van der Waals surface area contributed by atoms with E-state index in [1.807, 2.05) is 71.3 Å². The van der Waals surface area contributed by atoms with Gasteiger partial charge in [0.05, 0.1) is 12.0 Å². The van der Waals surface area contributed by atoms with Gasteiger partial charge in [-0.05, 0) is 42.0 Å². The van der Waals surface area contributed by atoms with Gasteiger partial charge in [-0.25, -0.2) is 5.43 Å². The highest BCUT2D eigenvalue weighted by Crippen LogP contribution is 2.29. The third-order valence-electron chi connectivity index (χ3n) is 4.31. The van der Waals surface area contributed by atoms with Gasteiger partial charge in [0.25, 0.3) is 5.91 Å². The molecule has 0 bridgehead atoms. The lowest BCUT2D eigenvalue weighted by atomic mass is 10.2. The summed E-state index contributed by atoms with van der Waals surface area (Å²) in [5.74, 6) is 0.579. The van der Waals surface area contributed by atoms with E-state index < -0.39 is 0 Å². The summed E-state index contributed by atoms with van der Waals surface area (Å²) in [5, 5.41) is 13.9. The van der Waals surface area contributed by atoms with E-state index in [0.29, 0.717) is 16.0 Å². The van der Waals surface area contributed by atoms with Gasteiger partial charge >= 0.3 is 0 Å². The van der Waals surface area contributed by atoms with Crippen LogP contribution >= 0.6 is 39.3 Å². The van der Waals surface area contributed by atoms with Gasteiger partial charge in [0, 0.05) is 20.7 Å². The number of halogens is 2. The van der Waals surface area contributed by atoms with Crippen LogP contribution in [-0.2, 0) is 4.79 Å². The summed E-state index contributed by atoms with van der Waals surface area (Å²) in [6, 6.07) is 24.9. The Kier molecular flexibility index (Phi) is 7.36. The van der Waals surface area contributed by atoms with Gasteiger partial charge in [-0.3, -0.25) is 9.36 Å².